The first-order valence-corrected chi connectivity index (χ1v) is 7.85. The normalized spacial score (nSPS) is 12.0. The van der Waals surface area contributed by atoms with Crippen LogP contribution < -0.4 is 19.9 Å². The molecule has 0 spiro atoms. The Bertz CT molecular complexity index is 1020. The first kappa shape index (κ1) is 15.8. The number of nitriles is 1. The Morgan fingerprint density at radius 2 is 2.00 bits per heavy atom. The van der Waals surface area contributed by atoms with E-state index >= 15 is 0 Å². The Hall–Kier alpha value is -3.66. The van der Waals surface area contributed by atoms with Crippen molar-refractivity contribution in [2.75, 3.05) is 12.5 Å². The molecule has 2 heterocycles. The fourth-order valence-electron chi connectivity index (χ4n) is 2.79. The molecule has 0 atom stereocenters. The van der Waals surface area contributed by atoms with Gasteiger partial charge in [0.05, 0.1) is 12.2 Å². The minimum atomic E-state index is -0.348. The summed E-state index contributed by atoms with van der Waals surface area (Å²) in [6.45, 7) is 0.410. The zero-order valence-electron chi connectivity index (χ0n) is 13.6. The van der Waals surface area contributed by atoms with E-state index in [0.29, 0.717) is 40.1 Å². The zero-order chi connectivity index (χ0) is 18.1. The van der Waals surface area contributed by atoms with Crippen LogP contribution >= 0.6 is 0 Å². The number of nitrogen functional groups attached to an aromatic ring is 1. The van der Waals surface area contributed by atoms with Crippen molar-refractivity contribution in [1.29, 1.82) is 5.26 Å². The van der Waals surface area contributed by atoms with Crippen molar-refractivity contribution in [2.45, 2.75) is 6.54 Å². The molecule has 130 valence electrons. The van der Waals surface area contributed by atoms with E-state index in [1.807, 2.05) is 0 Å². The van der Waals surface area contributed by atoms with Gasteiger partial charge in [0.15, 0.2) is 11.5 Å². The highest BCUT2D eigenvalue weighted by Crippen LogP contribution is 2.38. The minimum absolute atomic E-state index is 0.162. The van der Waals surface area contributed by atoms with Gasteiger partial charge in [-0.2, -0.15) is 5.26 Å². The number of fused-ring (bicyclic) bond motifs is 1. The number of hydrogen-bond donors (Lipinski definition) is 1. The lowest BCUT2D eigenvalue weighted by atomic mass is 10.2. The van der Waals surface area contributed by atoms with Gasteiger partial charge in [0.25, 0.3) is 0 Å². The van der Waals surface area contributed by atoms with Crippen LogP contribution in [0.15, 0.2) is 48.5 Å². The van der Waals surface area contributed by atoms with Gasteiger partial charge < -0.3 is 19.9 Å². The Morgan fingerprint density at radius 1 is 1.15 bits per heavy atom. The molecule has 4 rings (SSSR count). The van der Waals surface area contributed by atoms with E-state index in [0.717, 1.165) is 0 Å². The maximum atomic E-state index is 13.5. The largest absolute Gasteiger partial charge is 0.454 e. The Balaban J connectivity index is 1.69. The molecule has 1 aliphatic heterocycles. The molecule has 0 unspecified atom stereocenters. The molecule has 3 aromatic rings. The molecule has 0 saturated heterocycles. The second-order valence-corrected chi connectivity index (χ2v) is 5.74. The van der Waals surface area contributed by atoms with Crippen molar-refractivity contribution >= 4 is 5.69 Å². The topological polar surface area (TPSA) is 82.4 Å². The molecule has 1 aliphatic rings. The molecular formula is C19H14FN3O3. The van der Waals surface area contributed by atoms with E-state index < -0.39 is 0 Å². The van der Waals surface area contributed by atoms with Crippen LogP contribution in [0.4, 0.5) is 10.1 Å². The number of aromatic nitrogens is 1. The van der Waals surface area contributed by atoms with E-state index in [-0.39, 0.29) is 19.2 Å². The summed E-state index contributed by atoms with van der Waals surface area (Å²) in [5, 5.41) is 9.39. The van der Waals surface area contributed by atoms with Crippen LogP contribution in [-0.4, -0.2) is 11.4 Å². The molecule has 0 radical (unpaired) electrons. The van der Waals surface area contributed by atoms with Crippen molar-refractivity contribution in [2.24, 2.45) is 0 Å². The van der Waals surface area contributed by atoms with E-state index in [1.165, 1.54) is 18.2 Å². The number of hydrogen-bond acceptors (Lipinski definition) is 5. The van der Waals surface area contributed by atoms with E-state index in [9.17, 15) is 9.65 Å². The summed E-state index contributed by atoms with van der Waals surface area (Å²) < 4.78 is 31.6. The first-order valence-electron chi connectivity index (χ1n) is 7.85. The minimum Gasteiger partial charge on any atom is -0.454 e. The van der Waals surface area contributed by atoms with E-state index in [1.54, 1.807) is 34.9 Å². The average Bonchev–Trinajstić information content (AvgIpc) is 3.20. The number of rotatable bonds is 4. The van der Waals surface area contributed by atoms with Gasteiger partial charge in [-0.1, -0.05) is 12.1 Å². The standard InChI is InChI=1S/C19H14FN3O3/c20-13-3-1-2-12(6-13)10-23-14(9-21)7-16(22)19(23)26-15-4-5-17-18(8-15)25-11-24-17/h1-8H,10-11,22H2. The van der Waals surface area contributed by atoms with Crippen molar-refractivity contribution < 1.29 is 18.6 Å². The van der Waals surface area contributed by atoms with Crippen LogP contribution in [0.5, 0.6) is 23.1 Å². The molecule has 0 amide bonds. The van der Waals surface area contributed by atoms with Crippen LogP contribution in [0, 0.1) is 17.1 Å². The molecule has 0 saturated carbocycles. The Morgan fingerprint density at radius 3 is 2.81 bits per heavy atom. The molecule has 7 heteroatoms. The van der Waals surface area contributed by atoms with Crippen molar-refractivity contribution in [3.05, 3.63) is 65.6 Å². The second kappa shape index (κ2) is 6.33. The molecule has 1 aromatic heterocycles. The highest BCUT2D eigenvalue weighted by atomic mass is 19.1. The van der Waals surface area contributed by atoms with E-state index in [4.69, 9.17) is 19.9 Å². The van der Waals surface area contributed by atoms with Crippen molar-refractivity contribution in [3.63, 3.8) is 0 Å². The third-order valence-corrected chi connectivity index (χ3v) is 3.98. The van der Waals surface area contributed by atoms with Gasteiger partial charge in [-0.25, -0.2) is 4.39 Å². The summed E-state index contributed by atoms with van der Waals surface area (Å²) in [6, 6.07) is 14.9. The quantitative estimate of drug-likeness (QED) is 0.776. The fourth-order valence-corrected chi connectivity index (χ4v) is 2.79. The molecule has 26 heavy (non-hydrogen) atoms. The second-order valence-electron chi connectivity index (χ2n) is 5.74. The number of nitrogens with two attached hydrogens (primary N) is 1. The van der Waals surface area contributed by atoms with E-state index in [2.05, 4.69) is 6.07 Å². The van der Waals surface area contributed by atoms with Gasteiger partial charge in [0.1, 0.15) is 23.3 Å². The smallest absolute Gasteiger partial charge is 0.231 e. The molecule has 0 aliphatic carbocycles. The maximum Gasteiger partial charge on any atom is 0.231 e. The predicted octanol–water partition coefficient (Wildman–Crippen LogP) is 3.65. The summed E-state index contributed by atoms with van der Waals surface area (Å²) in [6.07, 6.45) is 0. The number of halogens is 1. The van der Waals surface area contributed by atoms with Crippen molar-refractivity contribution in [3.8, 4) is 29.2 Å². The lowest BCUT2D eigenvalue weighted by Crippen LogP contribution is -2.05. The number of ether oxygens (including phenoxy) is 3. The molecule has 2 N–H and O–H groups in total. The predicted molar refractivity (Wildman–Crippen MR) is 91.7 cm³/mol. The number of anilines is 1. The molecule has 6 nitrogen and oxygen atoms in total. The molecular weight excluding hydrogens is 337 g/mol. The summed E-state index contributed by atoms with van der Waals surface area (Å²) >= 11 is 0. The lowest BCUT2D eigenvalue weighted by molar-refractivity contribution is 0.174. The van der Waals surface area contributed by atoms with Crippen LogP contribution in [0.2, 0.25) is 0 Å². The lowest BCUT2D eigenvalue weighted by Gasteiger charge is -2.13. The monoisotopic (exact) mass is 351 g/mol. The van der Waals surface area contributed by atoms with Crippen LogP contribution in [-0.2, 0) is 6.54 Å². The van der Waals surface area contributed by atoms with Crippen molar-refractivity contribution in [1.82, 2.24) is 4.57 Å². The summed E-state index contributed by atoms with van der Waals surface area (Å²) in [5.74, 6) is 1.66. The van der Waals surface area contributed by atoms with Gasteiger partial charge >= 0.3 is 0 Å². The average molecular weight is 351 g/mol. The maximum absolute atomic E-state index is 13.5. The highest BCUT2D eigenvalue weighted by molar-refractivity contribution is 5.57. The van der Waals surface area contributed by atoms with Gasteiger partial charge in [-0.15, -0.1) is 0 Å². The van der Waals surface area contributed by atoms with Crippen LogP contribution in [0.1, 0.15) is 11.3 Å². The van der Waals surface area contributed by atoms with Gasteiger partial charge in [0.2, 0.25) is 12.7 Å². The number of benzene rings is 2. The van der Waals surface area contributed by atoms with Gasteiger partial charge in [-0.05, 0) is 29.8 Å². The van der Waals surface area contributed by atoms with Gasteiger partial charge in [-0.3, -0.25) is 4.57 Å². The van der Waals surface area contributed by atoms with Crippen LogP contribution in [0.3, 0.4) is 0 Å². The fraction of sp³-hybridized carbons (Fsp3) is 0.105. The Labute approximate surface area is 148 Å². The highest BCUT2D eigenvalue weighted by Gasteiger charge is 2.18. The van der Waals surface area contributed by atoms with Gasteiger partial charge in [0, 0.05) is 12.1 Å². The summed E-state index contributed by atoms with van der Waals surface area (Å²) in [4.78, 5) is 0. The molecule has 0 fully saturated rings. The molecule has 0 bridgehead atoms. The third-order valence-electron chi connectivity index (χ3n) is 3.98. The first-order chi connectivity index (χ1) is 12.6. The zero-order valence-corrected chi connectivity index (χ0v) is 13.6. The Kier molecular flexibility index (Phi) is 3.86. The SMILES string of the molecule is N#Cc1cc(N)c(Oc2ccc3c(c2)OCO3)n1Cc1cccc(F)c1. The molecule has 2 aromatic carbocycles. The third kappa shape index (κ3) is 2.89. The van der Waals surface area contributed by atoms with Crippen LogP contribution in [0.25, 0.3) is 0 Å². The summed E-state index contributed by atoms with van der Waals surface area (Å²) in [5.41, 5.74) is 7.36. The number of nitrogens with zero attached hydrogens (tertiary/aromatic N) is 2. The summed E-state index contributed by atoms with van der Waals surface area (Å²) in [7, 11) is 0.